The zero-order valence-electron chi connectivity index (χ0n) is 13.9. The average Bonchev–Trinajstić information content (AvgIpc) is 2.59. The third-order valence-corrected chi connectivity index (χ3v) is 5.02. The van der Waals surface area contributed by atoms with Crippen molar-refractivity contribution in [3.05, 3.63) is 35.4 Å². The van der Waals surface area contributed by atoms with Crippen LogP contribution in [0.25, 0.3) is 0 Å². The fourth-order valence-corrected chi connectivity index (χ4v) is 3.51. The minimum absolute atomic E-state index is 0.0481. The molecule has 0 aliphatic carbocycles. The topological polar surface area (TPSA) is 55.8 Å². The first-order valence-electron chi connectivity index (χ1n) is 8.65. The first-order chi connectivity index (χ1) is 11.1. The molecule has 1 aromatic carbocycles. The van der Waals surface area contributed by atoms with Crippen LogP contribution in [0.4, 0.5) is 4.79 Å². The number of carbonyl (C=O) groups is 1. The van der Waals surface area contributed by atoms with E-state index >= 15 is 0 Å². The first kappa shape index (κ1) is 16.3. The number of urea groups is 1. The Morgan fingerprint density at radius 1 is 1.35 bits per heavy atom. The maximum absolute atomic E-state index is 12.2. The van der Waals surface area contributed by atoms with E-state index in [1.165, 1.54) is 11.1 Å². The van der Waals surface area contributed by atoms with E-state index in [4.69, 9.17) is 0 Å². The van der Waals surface area contributed by atoms with E-state index < -0.39 is 0 Å². The number of aliphatic hydroxyl groups is 1. The second-order valence-electron chi connectivity index (χ2n) is 6.77. The minimum Gasteiger partial charge on any atom is -0.391 e. The molecule has 1 aromatic rings. The molecule has 2 unspecified atom stereocenters. The van der Waals surface area contributed by atoms with E-state index in [9.17, 15) is 9.90 Å². The van der Waals surface area contributed by atoms with Gasteiger partial charge in [-0.25, -0.2) is 4.79 Å². The molecule has 5 heteroatoms. The highest BCUT2D eigenvalue weighted by molar-refractivity contribution is 5.74. The van der Waals surface area contributed by atoms with Crippen molar-refractivity contribution < 1.29 is 9.90 Å². The van der Waals surface area contributed by atoms with Gasteiger partial charge in [0.25, 0.3) is 0 Å². The lowest BCUT2D eigenvalue weighted by molar-refractivity contribution is 0.0832. The van der Waals surface area contributed by atoms with E-state index in [2.05, 4.69) is 41.4 Å². The van der Waals surface area contributed by atoms with Crippen LogP contribution >= 0.6 is 0 Å². The van der Waals surface area contributed by atoms with E-state index in [1.807, 2.05) is 0 Å². The maximum atomic E-state index is 12.2. The fourth-order valence-electron chi connectivity index (χ4n) is 3.51. The predicted molar refractivity (Wildman–Crippen MR) is 90.2 cm³/mol. The van der Waals surface area contributed by atoms with Crippen molar-refractivity contribution in [2.24, 2.45) is 0 Å². The molecule has 0 bridgehead atoms. The zero-order valence-corrected chi connectivity index (χ0v) is 13.9. The smallest absolute Gasteiger partial charge is 0.317 e. The summed E-state index contributed by atoms with van der Waals surface area (Å²) >= 11 is 0. The third kappa shape index (κ3) is 4.03. The molecule has 5 nitrogen and oxygen atoms in total. The third-order valence-electron chi connectivity index (χ3n) is 5.02. The van der Waals surface area contributed by atoms with E-state index in [-0.39, 0.29) is 12.1 Å². The highest BCUT2D eigenvalue weighted by atomic mass is 16.3. The number of hydrogen-bond acceptors (Lipinski definition) is 3. The summed E-state index contributed by atoms with van der Waals surface area (Å²) in [7, 11) is 0. The highest BCUT2D eigenvalue weighted by Gasteiger charge is 2.24. The van der Waals surface area contributed by atoms with Crippen molar-refractivity contribution >= 4 is 6.03 Å². The number of β-amino-alcohol motifs (C(OH)–C–C–N with tert-alkyl or cyclic N) is 1. The summed E-state index contributed by atoms with van der Waals surface area (Å²) in [5, 5.41) is 12.7. The summed E-state index contributed by atoms with van der Waals surface area (Å²) in [4.78, 5) is 16.4. The number of rotatable bonds is 3. The number of likely N-dealkylation sites (tertiary alicyclic amines) is 1. The Bertz CT molecular complexity index is 549. The number of nitrogens with one attached hydrogen (secondary N) is 1. The number of carbonyl (C=O) groups excluding carboxylic acids is 1. The van der Waals surface area contributed by atoms with Crippen molar-refractivity contribution in [2.75, 3.05) is 26.2 Å². The van der Waals surface area contributed by atoms with E-state index in [0.717, 1.165) is 38.9 Å². The Kier molecular flexibility index (Phi) is 5.18. The molecule has 0 spiro atoms. The van der Waals surface area contributed by atoms with E-state index in [1.54, 1.807) is 4.90 Å². The van der Waals surface area contributed by atoms with Crippen LogP contribution in [0.1, 0.15) is 30.9 Å². The van der Waals surface area contributed by atoms with Crippen molar-refractivity contribution in [2.45, 2.75) is 44.9 Å². The monoisotopic (exact) mass is 317 g/mol. The summed E-state index contributed by atoms with van der Waals surface area (Å²) in [5.74, 6) is 0. The number of fused-ring (bicyclic) bond motifs is 1. The second kappa shape index (κ2) is 7.32. The van der Waals surface area contributed by atoms with Crippen LogP contribution in [-0.4, -0.2) is 59.3 Å². The van der Waals surface area contributed by atoms with Gasteiger partial charge in [0.15, 0.2) is 0 Å². The van der Waals surface area contributed by atoms with Gasteiger partial charge in [-0.15, -0.1) is 0 Å². The van der Waals surface area contributed by atoms with Gasteiger partial charge < -0.3 is 15.3 Å². The second-order valence-corrected chi connectivity index (χ2v) is 6.77. The summed E-state index contributed by atoms with van der Waals surface area (Å²) in [5.41, 5.74) is 2.85. The number of aliphatic hydroxyl groups excluding tert-OH is 1. The molecule has 0 radical (unpaired) electrons. The molecule has 1 saturated heterocycles. The number of nitrogens with zero attached hydrogens (tertiary/aromatic N) is 2. The zero-order chi connectivity index (χ0) is 16.2. The van der Waals surface area contributed by atoms with Crippen LogP contribution in [0.2, 0.25) is 0 Å². The van der Waals surface area contributed by atoms with Gasteiger partial charge in [-0.3, -0.25) is 4.90 Å². The van der Waals surface area contributed by atoms with Gasteiger partial charge in [0.05, 0.1) is 6.10 Å². The molecule has 2 aliphatic heterocycles. The lowest BCUT2D eigenvalue weighted by atomic mass is 9.99. The van der Waals surface area contributed by atoms with Gasteiger partial charge in [-0.1, -0.05) is 24.3 Å². The Morgan fingerprint density at radius 2 is 2.13 bits per heavy atom. The molecular formula is C18H27N3O2. The Morgan fingerprint density at radius 3 is 2.91 bits per heavy atom. The van der Waals surface area contributed by atoms with Crippen molar-refractivity contribution in [1.29, 1.82) is 0 Å². The molecule has 0 saturated carbocycles. The number of hydrogen-bond donors (Lipinski definition) is 2. The Hall–Kier alpha value is -1.59. The van der Waals surface area contributed by atoms with Crippen LogP contribution in [-0.2, 0) is 13.0 Å². The molecular weight excluding hydrogens is 290 g/mol. The van der Waals surface area contributed by atoms with Crippen LogP contribution in [0.5, 0.6) is 0 Å². The minimum atomic E-state index is -0.370. The summed E-state index contributed by atoms with van der Waals surface area (Å²) < 4.78 is 0. The molecule has 2 N–H and O–H groups in total. The van der Waals surface area contributed by atoms with Gasteiger partial charge in [-0.2, -0.15) is 0 Å². The maximum Gasteiger partial charge on any atom is 0.317 e. The lowest BCUT2D eigenvalue weighted by Crippen LogP contribution is -2.50. The predicted octanol–water partition coefficient (Wildman–Crippen LogP) is 1.60. The van der Waals surface area contributed by atoms with Gasteiger partial charge in [0.2, 0.25) is 0 Å². The molecule has 2 atom stereocenters. The molecule has 2 aliphatic rings. The van der Waals surface area contributed by atoms with Gasteiger partial charge in [0, 0.05) is 38.8 Å². The molecule has 23 heavy (non-hydrogen) atoms. The van der Waals surface area contributed by atoms with Crippen molar-refractivity contribution in [3.63, 3.8) is 0 Å². The Balaban J connectivity index is 1.48. The quantitative estimate of drug-likeness (QED) is 0.890. The summed E-state index contributed by atoms with van der Waals surface area (Å²) in [6.07, 6.45) is 2.39. The molecule has 3 rings (SSSR count). The van der Waals surface area contributed by atoms with Crippen LogP contribution in [0.15, 0.2) is 24.3 Å². The largest absolute Gasteiger partial charge is 0.391 e. The molecule has 2 amide bonds. The Labute approximate surface area is 138 Å². The van der Waals surface area contributed by atoms with Crippen LogP contribution < -0.4 is 5.32 Å². The number of benzene rings is 1. The molecule has 126 valence electrons. The van der Waals surface area contributed by atoms with Crippen LogP contribution in [0, 0.1) is 0 Å². The van der Waals surface area contributed by atoms with Crippen LogP contribution in [0.3, 0.4) is 0 Å². The highest BCUT2D eigenvalue weighted by Crippen LogP contribution is 2.20. The molecule has 0 aromatic heterocycles. The van der Waals surface area contributed by atoms with Crippen molar-refractivity contribution in [3.8, 4) is 0 Å². The summed E-state index contributed by atoms with van der Waals surface area (Å²) in [6, 6.07) is 8.86. The lowest BCUT2D eigenvalue weighted by Gasteiger charge is -2.35. The van der Waals surface area contributed by atoms with Gasteiger partial charge in [0.1, 0.15) is 0 Å². The fraction of sp³-hybridized carbons (Fsp3) is 0.611. The molecule has 2 heterocycles. The van der Waals surface area contributed by atoms with Gasteiger partial charge in [-0.05, 0) is 37.3 Å². The average molecular weight is 317 g/mol. The number of amides is 2. The normalized spacial score (nSPS) is 23.2. The van der Waals surface area contributed by atoms with E-state index in [0.29, 0.717) is 19.1 Å². The number of piperidine rings is 1. The molecule has 1 fully saturated rings. The summed E-state index contributed by atoms with van der Waals surface area (Å²) in [6.45, 7) is 6.00. The first-order valence-corrected chi connectivity index (χ1v) is 8.65. The SMILES string of the molecule is CC(CNC(=O)N1CCCC(O)C1)N1CCc2ccccc2C1. The van der Waals surface area contributed by atoms with Crippen molar-refractivity contribution in [1.82, 2.24) is 15.1 Å². The van der Waals surface area contributed by atoms with Gasteiger partial charge >= 0.3 is 6.03 Å². The standard InChI is InChI=1S/C18H27N3O2/c1-14(11-19-18(23)21-9-4-7-17(22)13-21)20-10-8-15-5-2-3-6-16(15)12-20/h2-3,5-6,14,17,22H,4,7-13H2,1H3,(H,19,23).